The van der Waals surface area contributed by atoms with Gasteiger partial charge in [-0.1, -0.05) is 37.6 Å². The van der Waals surface area contributed by atoms with Gasteiger partial charge in [-0.25, -0.2) is 0 Å². The molecule has 0 aliphatic carbocycles. The Morgan fingerprint density at radius 2 is 1.48 bits per heavy atom. The fraction of sp³-hybridized carbons (Fsp3) is 0.600. The van der Waals surface area contributed by atoms with E-state index in [-0.39, 0.29) is 5.56 Å². The molecular weight excluding hydrogens is 329 g/mol. The molecule has 0 fully saturated rings. The fourth-order valence-corrected chi connectivity index (χ4v) is 2.38. The maximum absolute atomic E-state index is 13.6. The molecule has 1 unspecified atom stereocenters. The van der Waals surface area contributed by atoms with Crippen LogP contribution in [-0.4, -0.2) is 23.1 Å². The average molecular weight is 346 g/mol. The Hall–Kier alpha value is -1.31. The van der Waals surface area contributed by atoms with Crippen molar-refractivity contribution in [3.8, 4) is 0 Å². The highest BCUT2D eigenvalue weighted by Gasteiger charge is 2.73. The van der Waals surface area contributed by atoms with Crippen LogP contribution in [-0.2, 0) is 12.0 Å². The smallest absolute Gasteiger partial charge is 0.385 e. The molecular formula is C15H17F7O. The first-order valence-electron chi connectivity index (χ1n) is 6.89. The standard InChI is InChI=1S/C15H17F7O/c1-3-6-10-7-4-5-8-11(10)12(2,23)9-13(16,17)14(18,19)15(20,21)22/h4-5,7-8,23H,3,6,9H2,1-2H3. The number of benzene rings is 1. The van der Waals surface area contributed by atoms with Gasteiger partial charge in [0.1, 0.15) is 0 Å². The van der Waals surface area contributed by atoms with Crippen LogP contribution in [0.25, 0.3) is 0 Å². The summed E-state index contributed by atoms with van der Waals surface area (Å²) in [6.45, 7) is 2.58. The summed E-state index contributed by atoms with van der Waals surface area (Å²) in [5, 5.41) is 10.2. The van der Waals surface area contributed by atoms with E-state index >= 15 is 0 Å². The zero-order chi connectivity index (χ0) is 18.1. The van der Waals surface area contributed by atoms with Gasteiger partial charge in [0.05, 0.1) is 12.0 Å². The van der Waals surface area contributed by atoms with Crippen molar-refractivity contribution in [2.24, 2.45) is 0 Å². The van der Waals surface area contributed by atoms with Crippen molar-refractivity contribution in [1.82, 2.24) is 0 Å². The number of halogens is 7. The van der Waals surface area contributed by atoms with Gasteiger partial charge in [-0.05, 0) is 24.5 Å². The molecule has 0 aliphatic heterocycles. The SMILES string of the molecule is CCCc1ccccc1C(C)(O)CC(F)(F)C(F)(F)C(F)(F)F. The van der Waals surface area contributed by atoms with E-state index in [0.29, 0.717) is 18.4 Å². The minimum Gasteiger partial charge on any atom is -0.385 e. The van der Waals surface area contributed by atoms with E-state index in [1.54, 1.807) is 13.0 Å². The molecule has 23 heavy (non-hydrogen) atoms. The second-order valence-electron chi connectivity index (χ2n) is 5.63. The highest BCUT2D eigenvalue weighted by molar-refractivity contribution is 5.32. The van der Waals surface area contributed by atoms with Gasteiger partial charge in [0.2, 0.25) is 0 Å². The molecule has 0 saturated heterocycles. The van der Waals surface area contributed by atoms with Crippen molar-refractivity contribution < 1.29 is 35.8 Å². The number of rotatable bonds is 6. The molecule has 0 aliphatic rings. The van der Waals surface area contributed by atoms with E-state index in [9.17, 15) is 35.8 Å². The molecule has 0 amide bonds. The summed E-state index contributed by atoms with van der Waals surface area (Å²) in [4.78, 5) is 0. The van der Waals surface area contributed by atoms with Crippen LogP contribution in [0.5, 0.6) is 0 Å². The third kappa shape index (κ3) is 3.97. The van der Waals surface area contributed by atoms with E-state index < -0.39 is 30.0 Å². The molecule has 1 N–H and O–H groups in total. The van der Waals surface area contributed by atoms with Crippen molar-refractivity contribution in [2.45, 2.75) is 56.7 Å². The van der Waals surface area contributed by atoms with Crippen LogP contribution >= 0.6 is 0 Å². The largest absolute Gasteiger partial charge is 0.459 e. The van der Waals surface area contributed by atoms with Crippen molar-refractivity contribution in [1.29, 1.82) is 0 Å². The highest BCUT2D eigenvalue weighted by Crippen LogP contribution is 2.51. The first kappa shape index (κ1) is 19.7. The van der Waals surface area contributed by atoms with Gasteiger partial charge in [0, 0.05) is 0 Å². The molecule has 132 valence electrons. The minimum absolute atomic E-state index is 0.0838. The number of hydrogen-bond acceptors (Lipinski definition) is 1. The Labute approximate surface area is 129 Å². The predicted octanol–water partition coefficient (Wildman–Crippen LogP) is 5.07. The lowest BCUT2D eigenvalue weighted by atomic mass is 9.84. The summed E-state index contributed by atoms with van der Waals surface area (Å²) in [6, 6.07) is 5.70. The Balaban J connectivity index is 3.20. The van der Waals surface area contributed by atoms with Crippen molar-refractivity contribution in [2.75, 3.05) is 0 Å². The van der Waals surface area contributed by atoms with E-state index in [2.05, 4.69) is 0 Å². The first-order valence-corrected chi connectivity index (χ1v) is 6.89. The molecule has 0 radical (unpaired) electrons. The molecule has 1 aromatic rings. The summed E-state index contributed by atoms with van der Waals surface area (Å²) in [6.07, 6.45) is -7.50. The van der Waals surface area contributed by atoms with Gasteiger partial charge in [-0.2, -0.15) is 30.7 Å². The molecule has 0 aromatic heterocycles. The van der Waals surface area contributed by atoms with Crippen LogP contribution in [0.15, 0.2) is 24.3 Å². The maximum Gasteiger partial charge on any atom is 0.459 e. The molecule has 0 spiro atoms. The third-order valence-corrected chi connectivity index (χ3v) is 3.50. The zero-order valence-electron chi connectivity index (χ0n) is 12.5. The van der Waals surface area contributed by atoms with Gasteiger partial charge < -0.3 is 5.11 Å². The summed E-state index contributed by atoms with van der Waals surface area (Å²) >= 11 is 0. The van der Waals surface area contributed by atoms with Gasteiger partial charge in [-0.3, -0.25) is 0 Å². The van der Waals surface area contributed by atoms with Crippen LogP contribution in [0, 0.1) is 0 Å². The fourth-order valence-electron chi connectivity index (χ4n) is 2.38. The van der Waals surface area contributed by atoms with Crippen molar-refractivity contribution in [3.63, 3.8) is 0 Å². The molecule has 8 heteroatoms. The topological polar surface area (TPSA) is 20.2 Å². The number of aryl methyl sites for hydroxylation is 1. The monoisotopic (exact) mass is 346 g/mol. The van der Waals surface area contributed by atoms with Gasteiger partial charge in [0.25, 0.3) is 0 Å². The predicted molar refractivity (Wildman–Crippen MR) is 70.6 cm³/mol. The van der Waals surface area contributed by atoms with E-state index in [1.807, 2.05) is 0 Å². The van der Waals surface area contributed by atoms with Crippen LogP contribution in [0.4, 0.5) is 30.7 Å². The van der Waals surface area contributed by atoms with Crippen LogP contribution in [0.2, 0.25) is 0 Å². The lowest BCUT2D eigenvalue weighted by Crippen LogP contribution is -2.54. The zero-order valence-corrected chi connectivity index (χ0v) is 12.5. The van der Waals surface area contributed by atoms with Crippen LogP contribution in [0.3, 0.4) is 0 Å². The number of hydrogen-bond donors (Lipinski definition) is 1. The summed E-state index contributed by atoms with van der Waals surface area (Å²) in [7, 11) is 0. The maximum atomic E-state index is 13.6. The Morgan fingerprint density at radius 3 is 1.96 bits per heavy atom. The van der Waals surface area contributed by atoms with E-state index in [4.69, 9.17) is 0 Å². The molecule has 1 aromatic carbocycles. The lowest BCUT2D eigenvalue weighted by Gasteiger charge is -2.34. The Bertz CT molecular complexity index is 535. The molecule has 0 saturated carbocycles. The Morgan fingerprint density at radius 1 is 0.957 bits per heavy atom. The average Bonchev–Trinajstić information content (AvgIpc) is 2.36. The van der Waals surface area contributed by atoms with E-state index in [0.717, 1.165) is 6.92 Å². The van der Waals surface area contributed by atoms with Crippen LogP contribution in [0.1, 0.15) is 37.8 Å². The Kier molecular flexibility index (Phi) is 5.40. The summed E-state index contributed by atoms with van der Waals surface area (Å²) in [5.41, 5.74) is -2.20. The minimum atomic E-state index is -6.41. The van der Waals surface area contributed by atoms with Gasteiger partial charge in [0.15, 0.2) is 0 Å². The summed E-state index contributed by atoms with van der Waals surface area (Å²) in [5.74, 6) is -11.7. The molecule has 1 atom stereocenters. The molecule has 1 rings (SSSR count). The highest BCUT2D eigenvalue weighted by atomic mass is 19.4. The normalized spacial score (nSPS) is 16.3. The van der Waals surface area contributed by atoms with Crippen molar-refractivity contribution >= 4 is 0 Å². The van der Waals surface area contributed by atoms with Gasteiger partial charge >= 0.3 is 18.0 Å². The first-order chi connectivity index (χ1) is 10.3. The molecule has 0 heterocycles. The number of alkyl halides is 7. The number of aliphatic hydroxyl groups is 1. The molecule has 0 bridgehead atoms. The second kappa shape index (κ2) is 6.30. The second-order valence-corrected chi connectivity index (χ2v) is 5.63. The van der Waals surface area contributed by atoms with Crippen LogP contribution < -0.4 is 0 Å². The lowest BCUT2D eigenvalue weighted by molar-refractivity contribution is -0.361. The quantitative estimate of drug-likeness (QED) is 0.713. The van der Waals surface area contributed by atoms with Crippen molar-refractivity contribution in [3.05, 3.63) is 35.4 Å². The summed E-state index contributed by atoms with van der Waals surface area (Å²) < 4.78 is 89.8. The molecule has 1 nitrogen and oxygen atoms in total. The van der Waals surface area contributed by atoms with Gasteiger partial charge in [-0.15, -0.1) is 0 Å². The third-order valence-electron chi connectivity index (χ3n) is 3.50. The van der Waals surface area contributed by atoms with E-state index in [1.165, 1.54) is 18.2 Å².